The Morgan fingerprint density at radius 3 is 2.29 bits per heavy atom. The first-order valence-electron chi connectivity index (χ1n) is 6.23. The van der Waals surface area contributed by atoms with Crippen molar-refractivity contribution in [3.8, 4) is 0 Å². The Morgan fingerprint density at radius 2 is 1.64 bits per heavy atom. The van der Waals surface area contributed by atoms with E-state index < -0.39 is 0 Å². The van der Waals surface area contributed by atoms with Crippen LogP contribution in [0.4, 0.5) is 0 Å². The summed E-state index contributed by atoms with van der Waals surface area (Å²) in [7, 11) is 2.94. The third kappa shape index (κ3) is 10.3. The van der Waals surface area contributed by atoms with E-state index in [1.54, 1.807) is 0 Å². The molecule has 0 aliphatic carbocycles. The normalized spacial score (nSPS) is 13.6. The maximum Gasteiger partial charge on any atom is -0.00857 e. The molecule has 0 aromatic heterocycles. The van der Waals surface area contributed by atoms with E-state index in [9.17, 15) is 0 Å². The Balaban J connectivity index is 3.26. The molecule has 0 rings (SSSR count). The zero-order valence-corrected chi connectivity index (χ0v) is 11.1. The van der Waals surface area contributed by atoms with Crippen molar-refractivity contribution in [1.29, 1.82) is 0 Å². The van der Waals surface area contributed by atoms with Crippen molar-refractivity contribution in [3.63, 3.8) is 0 Å². The third-order valence-corrected chi connectivity index (χ3v) is 3.05. The van der Waals surface area contributed by atoms with Crippen LogP contribution in [0.1, 0.15) is 65.2 Å². The molecule has 0 radical (unpaired) electrons. The van der Waals surface area contributed by atoms with E-state index in [-0.39, 0.29) is 0 Å². The molecule has 14 heavy (non-hydrogen) atoms. The van der Waals surface area contributed by atoms with Crippen LogP contribution in [0.25, 0.3) is 0 Å². The summed E-state index contributed by atoms with van der Waals surface area (Å²) in [5.41, 5.74) is 0.711. The van der Waals surface area contributed by atoms with E-state index >= 15 is 0 Å². The summed E-state index contributed by atoms with van der Waals surface area (Å²) < 4.78 is 0. The predicted molar refractivity (Wildman–Crippen MR) is 70.9 cm³/mol. The van der Waals surface area contributed by atoms with Crippen molar-refractivity contribution in [3.05, 3.63) is 12.2 Å². The summed E-state index contributed by atoms with van der Waals surface area (Å²) in [5.74, 6) is 0. The lowest BCUT2D eigenvalue weighted by molar-refractivity contribution is 0.678. The van der Waals surface area contributed by atoms with E-state index in [4.69, 9.17) is 0 Å². The molecular formula is C13H27P. The number of hydrogen-bond acceptors (Lipinski definition) is 0. The Kier molecular flexibility index (Phi) is 11.4. The number of unbranched alkanes of at least 4 members (excludes halogenated alkanes) is 5. The van der Waals surface area contributed by atoms with Crippen molar-refractivity contribution < 1.29 is 0 Å². The van der Waals surface area contributed by atoms with Gasteiger partial charge in [0.15, 0.2) is 0 Å². The van der Waals surface area contributed by atoms with Crippen molar-refractivity contribution in [1.82, 2.24) is 0 Å². The standard InChI is InChI=1S/C13H27P/c1-3-5-7-8-10-12-13(14)11-9-6-4-2/h10,12-13H,3-9,11,14H2,1-2H3. The molecule has 2 atom stereocenters. The van der Waals surface area contributed by atoms with E-state index in [2.05, 4.69) is 35.2 Å². The highest BCUT2D eigenvalue weighted by atomic mass is 31.0. The molecular weight excluding hydrogens is 187 g/mol. The van der Waals surface area contributed by atoms with Crippen molar-refractivity contribution in [2.45, 2.75) is 70.9 Å². The van der Waals surface area contributed by atoms with Crippen LogP contribution in [0.3, 0.4) is 0 Å². The van der Waals surface area contributed by atoms with Crippen LogP contribution in [-0.2, 0) is 0 Å². The van der Waals surface area contributed by atoms with Gasteiger partial charge in [-0.05, 0) is 24.9 Å². The van der Waals surface area contributed by atoms with Gasteiger partial charge in [0.1, 0.15) is 0 Å². The first kappa shape index (κ1) is 14.2. The van der Waals surface area contributed by atoms with Crippen LogP contribution in [0, 0.1) is 0 Å². The van der Waals surface area contributed by atoms with Crippen molar-refractivity contribution >= 4 is 9.24 Å². The second-order valence-corrected chi connectivity index (χ2v) is 4.94. The average Bonchev–Trinajstić information content (AvgIpc) is 2.18. The fourth-order valence-corrected chi connectivity index (χ4v) is 1.90. The second kappa shape index (κ2) is 11.2. The Bertz CT molecular complexity index is 129. The molecule has 0 N–H and O–H groups in total. The van der Waals surface area contributed by atoms with E-state index in [0.29, 0.717) is 5.66 Å². The van der Waals surface area contributed by atoms with Gasteiger partial charge in [0.25, 0.3) is 0 Å². The first-order chi connectivity index (χ1) is 6.81. The minimum absolute atomic E-state index is 0.711. The van der Waals surface area contributed by atoms with Gasteiger partial charge in [-0.1, -0.05) is 58.1 Å². The van der Waals surface area contributed by atoms with Gasteiger partial charge in [0, 0.05) is 0 Å². The highest BCUT2D eigenvalue weighted by molar-refractivity contribution is 7.17. The molecule has 0 fully saturated rings. The quantitative estimate of drug-likeness (QED) is 0.289. The van der Waals surface area contributed by atoms with Crippen molar-refractivity contribution in [2.24, 2.45) is 0 Å². The molecule has 0 aliphatic rings. The van der Waals surface area contributed by atoms with Gasteiger partial charge >= 0.3 is 0 Å². The average molecular weight is 214 g/mol. The summed E-state index contributed by atoms with van der Waals surface area (Å²) in [6, 6.07) is 0. The molecule has 0 nitrogen and oxygen atoms in total. The molecule has 1 heteroatoms. The molecule has 2 unspecified atom stereocenters. The van der Waals surface area contributed by atoms with Crippen LogP contribution < -0.4 is 0 Å². The van der Waals surface area contributed by atoms with Crippen LogP contribution in [0.5, 0.6) is 0 Å². The number of hydrogen-bond donors (Lipinski definition) is 0. The third-order valence-electron chi connectivity index (χ3n) is 2.50. The molecule has 0 aromatic rings. The van der Waals surface area contributed by atoms with E-state index in [0.717, 1.165) is 0 Å². The van der Waals surface area contributed by atoms with Crippen LogP contribution in [0.2, 0.25) is 0 Å². The molecule has 84 valence electrons. The summed E-state index contributed by atoms with van der Waals surface area (Å²) in [5, 5.41) is 0. The lowest BCUT2D eigenvalue weighted by Crippen LogP contribution is -1.91. The Labute approximate surface area is 92.8 Å². The van der Waals surface area contributed by atoms with E-state index in [1.807, 2.05) is 0 Å². The second-order valence-electron chi connectivity index (χ2n) is 4.08. The van der Waals surface area contributed by atoms with Crippen LogP contribution in [-0.4, -0.2) is 5.66 Å². The molecule has 0 aliphatic heterocycles. The van der Waals surface area contributed by atoms with Crippen molar-refractivity contribution in [2.75, 3.05) is 0 Å². The summed E-state index contributed by atoms with van der Waals surface area (Å²) >= 11 is 0. The number of allylic oxidation sites excluding steroid dienone is 2. The smallest absolute Gasteiger partial charge is 0.00857 e. The molecule has 0 bridgehead atoms. The molecule has 0 aromatic carbocycles. The molecule has 0 spiro atoms. The van der Waals surface area contributed by atoms with Gasteiger partial charge in [-0.2, -0.15) is 0 Å². The maximum absolute atomic E-state index is 2.94. The van der Waals surface area contributed by atoms with Gasteiger partial charge in [-0.25, -0.2) is 0 Å². The highest BCUT2D eigenvalue weighted by Gasteiger charge is 1.95. The van der Waals surface area contributed by atoms with Gasteiger partial charge in [-0.3, -0.25) is 0 Å². The Hall–Kier alpha value is 0.170. The minimum Gasteiger partial charge on any atom is -0.130 e. The minimum atomic E-state index is 0.711. The maximum atomic E-state index is 2.94. The summed E-state index contributed by atoms with van der Waals surface area (Å²) in [6.45, 7) is 4.52. The zero-order chi connectivity index (χ0) is 10.6. The molecule has 0 saturated heterocycles. The monoisotopic (exact) mass is 214 g/mol. The van der Waals surface area contributed by atoms with Gasteiger partial charge in [0.2, 0.25) is 0 Å². The van der Waals surface area contributed by atoms with Gasteiger partial charge in [-0.15, -0.1) is 9.24 Å². The van der Waals surface area contributed by atoms with Gasteiger partial charge < -0.3 is 0 Å². The van der Waals surface area contributed by atoms with E-state index in [1.165, 1.54) is 51.4 Å². The molecule has 0 saturated carbocycles. The molecule has 0 heterocycles. The molecule has 0 amide bonds. The van der Waals surface area contributed by atoms with Gasteiger partial charge in [0.05, 0.1) is 0 Å². The fraction of sp³-hybridized carbons (Fsp3) is 0.846. The van der Waals surface area contributed by atoms with Crippen LogP contribution in [0.15, 0.2) is 12.2 Å². The topological polar surface area (TPSA) is 0 Å². The van der Waals surface area contributed by atoms with Crippen LogP contribution >= 0.6 is 9.24 Å². The number of rotatable bonds is 9. The lowest BCUT2D eigenvalue weighted by atomic mass is 10.1. The SMILES string of the molecule is CCCCCC=CC(P)CCCCC. The largest absolute Gasteiger partial charge is 0.130 e. The zero-order valence-electron chi connectivity index (χ0n) is 9.97. The lowest BCUT2D eigenvalue weighted by Gasteiger charge is -2.04. The summed E-state index contributed by atoms with van der Waals surface area (Å²) in [6.07, 6.45) is 15.5. The predicted octanol–water partition coefficient (Wildman–Crippen LogP) is 4.95. The first-order valence-corrected chi connectivity index (χ1v) is 6.90. The Morgan fingerprint density at radius 1 is 1.00 bits per heavy atom. The fourth-order valence-electron chi connectivity index (χ4n) is 1.51. The summed E-state index contributed by atoms with van der Waals surface area (Å²) in [4.78, 5) is 0. The highest BCUT2D eigenvalue weighted by Crippen LogP contribution is 2.13.